The summed E-state index contributed by atoms with van der Waals surface area (Å²) >= 11 is 0. The van der Waals surface area contributed by atoms with E-state index in [0.29, 0.717) is 5.82 Å². The first-order valence-corrected chi connectivity index (χ1v) is 5.96. The van der Waals surface area contributed by atoms with Crippen LogP contribution in [0.15, 0.2) is 49.1 Å². The van der Waals surface area contributed by atoms with Gasteiger partial charge in [-0.2, -0.15) is 0 Å². The number of pyridine rings is 1. The monoisotopic (exact) mass is 251 g/mol. The molecule has 1 aromatic carbocycles. The molecule has 0 radical (unpaired) electrons. The van der Waals surface area contributed by atoms with Crippen LogP contribution in [-0.4, -0.2) is 22.0 Å². The fraction of sp³-hybridized carbons (Fsp3) is 0.0714. The molecule has 0 amide bonds. The number of nitrogens with one attached hydrogen (secondary N) is 2. The van der Waals surface area contributed by atoms with Gasteiger partial charge in [-0.25, -0.2) is 4.98 Å². The van der Waals surface area contributed by atoms with Crippen molar-refractivity contribution in [1.82, 2.24) is 15.0 Å². The first-order valence-electron chi connectivity index (χ1n) is 5.96. The number of fused-ring (bicyclic) bond motifs is 1. The Morgan fingerprint density at radius 2 is 1.84 bits per heavy atom. The highest BCUT2D eigenvalue weighted by Gasteiger charge is 2.02. The van der Waals surface area contributed by atoms with Gasteiger partial charge in [0.1, 0.15) is 5.82 Å². The Morgan fingerprint density at radius 1 is 0.947 bits per heavy atom. The summed E-state index contributed by atoms with van der Waals surface area (Å²) in [7, 11) is 1.82. The minimum atomic E-state index is 0.697. The maximum absolute atomic E-state index is 4.39. The molecule has 19 heavy (non-hydrogen) atoms. The molecule has 0 fully saturated rings. The van der Waals surface area contributed by atoms with Crippen molar-refractivity contribution in [2.24, 2.45) is 0 Å². The Kier molecular flexibility index (Phi) is 2.94. The van der Waals surface area contributed by atoms with Crippen molar-refractivity contribution in [1.29, 1.82) is 0 Å². The predicted molar refractivity (Wildman–Crippen MR) is 76.6 cm³/mol. The van der Waals surface area contributed by atoms with E-state index >= 15 is 0 Å². The van der Waals surface area contributed by atoms with Gasteiger partial charge >= 0.3 is 0 Å². The van der Waals surface area contributed by atoms with Crippen LogP contribution in [0.1, 0.15) is 0 Å². The Morgan fingerprint density at radius 3 is 2.74 bits per heavy atom. The SMILES string of the molecule is CNc1cncc(Nc2cccc3ccncc23)n1. The van der Waals surface area contributed by atoms with Crippen LogP contribution >= 0.6 is 0 Å². The molecule has 94 valence electrons. The number of nitrogens with zero attached hydrogens (tertiary/aromatic N) is 3. The third-order valence-electron chi connectivity index (χ3n) is 2.84. The van der Waals surface area contributed by atoms with E-state index in [1.807, 2.05) is 31.4 Å². The van der Waals surface area contributed by atoms with Crippen LogP contribution in [0.4, 0.5) is 17.3 Å². The zero-order valence-corrected chi connectivity index (χ0v) is 10.5. The van der Waals surface area contributed by atoms with Crippen molar-refractivity contribution in [3.8, 4) is 0 Å². The third-order valence-corrected chi connectivity index (χ3v) is 2.84. The largest absolute Gasteiger partial charge is 0.372 e. The van der Waals surface area contributed by atoms with Gasteiger partial charge in [0.05, 0.1) is 12.4 Å². The molecular weight excluding hydrogens is 238 g/mol. The van der Waals surface area contributed by atoms with Crippen molar-refractivity contribution in [2.45, 2.75) is 0 Å². The van der Waals surface area contributed by atoms with Gasteiger partial charge in [0.15, 0.2) is 5.82 Å². The van der Waals surface area contributed by atoms with E-state index in [1.165, 1.54) is 0 Å². The van der Waals surface area contributed by atoms with Crippen LogP contribution in [0.3, 0.4) is 0 Å². The molecule has 0 atom stereocenters. The van der Waals surface area contributed by atoms with Gasteiger partial charge < -0.3 is 10.6 Å². The Hall–Kier alpha value is -2.69. The van der Waals surface area contributed by atoms with E-state index in [0.717, 1.165) is 22.3 Å². The molecule has 5 nitrogen and oxygen atoms in total. The molecular formula is C14H13N5. The lowest BCUT2D eigenvalue weighted by Gasteiger charge is -2.09. The van der Waals surface area contributed by atoms with Crippen LogP contribution < -0.4 is 10.6 Å². The lowest BCUT2D eigenvalue weighted by atomic mass is 10.1. The van der Waals surface area contributed by atoms with Crippen LogP contribution in [-0.2, 0) is 0 Å². The van der Waals surface area contributed by atoms with Crippen molar-refractivity contribution in [3.63, 3.8) is 0 Å². The summed E-state index contributed by atoms with van der Waals surface area (Å²) < 4.78 is 0. The number of hydrogen-bond donors (Lipinski definition) is 2. The van der Waals surface area contributed by atoms with Crippen LogP contribution in [0, 0.1) is 0 Å². The van der Waals surface area contributed by atoms with Crippen LogP contribution in [0.5, 0.6) is 0 Å². The molecule has 0 aliphatic carbocycles. The quantitative estimate of drug-likeness (QED) is 0.749. The lowest BCUT2D eigenvalue weighted by Crippen LogP contribution is -1.99. The number of anilines is 3. The van der Waals surface area contributed by atoms with Crippen LogP contribution in [0.25, 0.3) is 10.8 Å². The molecule has 2 N–H and O–H groups in total. The first-order chi connectivity index (χ1) is 9.36. The minimum absolute atomic E-state index is 0.697. The standard InChI is InChI=1S/C14H13N5/c1-15-13-8-17-9-14(19-13)18-12-4-2-3-10-5-6-16-7-11(10)12/h2-9H,1H3,(H2,15,18,19). The van der Waals surface area contributed by atoms with Gasteiger partial charge in [-0.15, -0.1) is 0 Å². The smallest absolute Gasteiger partial charge is 0.151 e. The summed E-state index contributed by atoms with van der Waals surface area (Å²) in [5.41, 5.74) is 0.966. The highest BCUT2D eigenvalue weighted by Crippen LogP contribution is 2.24. The fourth-order valence-corrected chi connectivity index (χ4v) is 1.91. The second-order valence-corrected chi connectivity index (χ2v) is 4.07. The van der Waals surface area contributed by atoms with E-state index in [1.54, 1.807) is 18.6 Å². The maximum Gasteiger partial charge on any atom is 0.151 e. The van der Waals surface area contributed by atoms with E-state index in [2.05, 4.69) is 31.7 Å². The van der Waals surface area contributed by atoms with Gasteiger partial charge in [0.2, 0.25) is 0 Å². The van der Waals surface area contributed by atoms with E-state index in [4.69, 9.17) is 0 Å². The number of rotatable bonds is 3. The highest BCUT2D eigenvalue weighted by molar-refractivity contribution is 5.94. The summed E-state index contributed by atoms with van der Waals surface area (Å²) in [6.45, 7) is 0. The average molecular weight is 251 g/mol. The van der Waals surface area contributed by atoms with Crippen LogP contribution in [0.2, 0.25) is 0 Å². The third kappa shape index (κ3) is 2.30. The van der Waals surface area contributed by atoms with Gasteiger partial charge in [-0.3, -0.25) is 9.97 Å². The van der Waals surface area contributed by atoms with E-state index < -0.39 is 0 Å². The van der Waals surface area contributed by atoms with Gasteiger partial charge in [0.25, 0.3) is 0 Å². The Labute approximate surface area is 110 Å². The van der Waals surface area contributed by atoms with Crippen molar-refractivity contribution in [2.75, 3.05) is 17.7 Å². The molecule has 2 aromatic heterocycles. The summed E-state index contributed by atoms with van der Waals surface area (Å²) in [5.74, 6) is 1.42. The molecule has 0 unspecified atom stereocenters. The zero-order chi connectivity index (χ0) is 13.1. The second kappa shape index (κ2) is 4.89. The molecule has 3 aromatic rings. The van der Waals surface area contributed by atoms with E-state index in [-0.39, 0.29) is 0 Å². The molecule has 0 saturated carbocycles. The number of hydrogen-bond acceptors (Lipinski definition) is 5. The number of benzene rings is 1. The summed E-state index contributed by atoms with van der Waals surface area (Å²) in [6, 6.07) is 8.03. The Balaban J connectivity index is 2.01. The number of aromatic nitrogens is 3. The molecule has 2 heterocycles. The highest BCUT2D eigenvalue weighted by atomic mass is 15.1. The fourth-order valence-electron chi connectivity index (χ4n) is 1.91. The predicted octanol–water partition coefficient (Wildman–Crippen LogP) is 2.81. The summed E-state index contributed by atoms with van der Waals surface area (Å²) in [5, 5.41) is 8.43. The van der Waals surface area contributed by atoms with Gasteiger partial charge in [0, 0.05) is 30.5 Å². The molecule has 0 saturated heterocycles. The zero-order valence-electron chi connectivity index (χ0n) is 10.5. The normalized spacial score (nSPS) is 10.4. The molecule has 3 rings (SSSR count). The topological polar surface area (TPSA) is 62.7 Å². The average Bonchev–Trinajstić information content (AvgIpc) is 2.48. The molecule has 5 heteroatoms. The molecule has 0 spiro atoms. The van der Waals surface area contributed by atoms with Crippen molar-refractivity contribution >= 4 is 28.1 Å². The van der Waals surface area contributed by atoms with Crippen molar-refractivity contribution < 1.29 is 0 Å². The van der Waals surface area contributed by atoms with Crippen molar-refractivity contribution in [3.05, 3.63) is 49.1 Å². The van der Waals surface area contributed by atoms with Gasteiger partial charge in [-0.05, 0) is 17.5 Å². The van der Waals surface area contributed by atoms with E-state index in [9.17, 15) is 0 Å². The van der Waals surface area contributed by atoms with Gasteiger partial charge in [-0.1, -0.05) is 12.1 Å². The molecule has 0 bridgehead atoms. The summed E-state index contributed by atoms with van der Waals surface area (Å²) in [6.07, 6.45) is 6.99. The first kappa shape index (κ1) is 11.4. The minimum Gasteiger partial charge on any atom is -0.372 e. The second-order valence-electron chi connectivity index (χ2n) is 4.07. The molecule has 0 aliphatic heterocycles. The maximum atomic E-state index is 4.39. The summed E-state index contributed by atoms with van der Waals surface area (Å²) in [4.78, 5) is 12.7. The molecule has 0 aliphatic rings. The Bertz CT molecular complexity index is 706. The lowest BCUT2D eigenvalue weighted by molar-refractivity contribution is 1.19.